The molecule has 0 aromatic heterocycles. The number of anilines is 1. The van der Waals surface area contributed by atoms with Crippen molar-refractivity contribution in [2.24, 2.45) is 10.7 Å². The number of rotatable bonds is 5. The zero-order valence-corrected chi connectivity index (χ0v) is 15.0. The predicted octanol–water partition coefficient (Wildman–Crippen LogP) is 3.91. The molecule has 0 unspecified atom stereocenters. The average Bonchev–Trinajstić information content (AvgIpc) is 2.64. The van der Waals surface area contributed by atoms with Crippen molar-refractivity contribution in [3.8, 4) is 0 Å². The molecule has 0 atom stereocenters. The molecule has 2 aromatic rings. The van der Waals surface area contributed by atoms with Crippen molar-refractivity contribution in [1.29, 1.82) is 0 Å². The molecule has 1 fully saturated rings. The molecule has 1 heterocycles. The van der Waals surface area contributed by atoms with Gasteiger partial charge in [0.05, 0.1) is 6.54 Å². The molecule has 25 heavy (non-hydrogen) atoms. The minimum absolute atomic E-state index is 0.455. The Bertz CT molecular complexity index is 700. The molecule has 1 saturated heterocycles. The largest absolute Gasteiger partial charge is 0.370 e. The Hall–Kier alpha value is -2.33. The lowest BCUT2D eigenvalue weighted by molar-refractivity contribution is 0.220. The van der Waals surface area contributed by atoms with Gasteiger partial charge in [-0.05, 0) is 56.1 Å². The minimum atomic E-state index is 0.455. The van der Waals surface area contributed by atoms with Crippen molar-refractivity contribution in [1.82, 2.24) is 4.90 Å². The maximum Gasteiger partial charge on any atom is 0.193 e. The SMILES string of the molecule is Cc1ccc(NC(N)=NCc2ccccc2CN2CCCCC2)cc1. The van der Waals surface area contributed by atoms with E-state index in [1.807, 2.05) is 12.1 Å². The van der Waals surface area contributed by atoms with Crippen molar-refractivity contribution in [3.63, 3.8) is 0 Å². The topological polar surface area (TPSA) is 53.6 Å². The Morgan fingerprint density at radius 3 is 2.40 bits per heavy atom. The van der Waals surface area contributed by atoms with E-state index >= 15 is 0 Å². The van der Waals surface area contributed by atoms with Crippen LogP contribution in [0.4, 0.5) is 5.69 Å². The lowest BCUT2D eigenvalue weighted by Crippen LogP contribution is -2.29. The summed E-state index contributed by atoms with van der Waals surface area (Å²) in [7, 11) is 0. The summed E-state index contributed by atoms with van der Waals surface area (Å²) in [4.78, 5) is 7.07. The number of nitrogens with zero attached hydrogens (tertiary/aromatic N) is 2. The fourth-order valence-corrected chi connectivity index (χ4v) is 3.22. The zero-order valence-electron chi connectivity index (χ0n) is 15.0. The Labute approximate surface area is 150 Å². The van der Waals surface area contributed by atoms with Crippen LogP contribution >= 0.6 is 0 Å². The third-order valence-corrected chi connectivity index (χ3v) is 4.70. The van der Waals surface area contributed by atoms with Crippen LogP contribution in [0.25, 0.3) is 0 Å². The van der Waals surface area contributed by atoms with Crippen LogP contribution in [0.15, 0.2) is 53.5 Å². The third-order valence-electron chi connectivity index (χ3n) is 4.70. The highest BCUT2D eigenvalue weighted by molar-refractivity contribution is 5.92. The van der Waals surface area contributed by atoms with Crippen molar-refractivity contribution in [2.75, 3.05) is 18.4 Å². The van der Waals surface area contributed by atoms with Gasteiger partial charge in [-0.2, -0.15) is 0 Å². The second-order valence-corrected chi connectivity index (χ2v) is 6.80. The number of likely N-dealkylation sites (tertiary alicyclic amines) is 1. The van der Waals surface area contributed by atoms with Crippen LogP contribution in [0, 0.1) is 6.92 Å². The highest BCUT2D eigenvalue weighted by atomic mass is 15.1. The number of aliphatic imine (C=N–C) groups is 1. The van der Waals surface area contributed by atoms with E-state index in [0.29, 0.717) is 12.5 Å². The third kappa shape index (κ3) is 5.33. The van der Waals surface area contributed by atoms with Gasteiger partial charge in [-0.25, -0.2) is 4.99 Å². The number of aryl methyl sites for hydroxylation is 1. The molecule has 0 radical (unpaired) electrons. The van der Waals surface area contributed by atoms with E-state index in [0.717, 1.165) is 12.2 Å². The van der Waals surface area contributed by atoms with Crippen LogP contribution < -0.4 is 11.1 Å². The van der Waals surface area contributed by atoms with Crippen molar-refractivity contribution < 1.29 is 0 Å². The summed E-state index contributed by atoms with van der Waals surface area (Å²) in [6.07, 6.45) is 3.99. The van der Waals surface area contributed by atoms with E-state index in [-0.39, 0.29) is 0 Å². The molecule has 0 bridgehead atoms. The fraction of sp³-hybridized carbons (Fsp3) is 0.381. The number of guanidine groups is 1. The van der Waals surface area contributed by atoms with E-state index in [4.69, 9.17) is 5.73 Å². The summed E-state index contributed by atoms with van der Waals surface area (Å²) in [6, 6.07) is 16.7. The van der Waals surface area contributed by atoms with Crippen LogP contribution in [0.2, 0.25) is 0 Å². The van der Waals surface area contributed by atoms with Crippen LogP contribution in [-0.2, 0) is 13.1 Å². The maximum absolute atomic E-state index is 6.05. The first-order chi connectivity index (χ1) is 12.2. The molecule has 4 nitrogen and oxygen atoms in total. The van der Waals surface area contributed by atoms with E-state index in [1.54, 1.807) is 0 Å². The highest BCUT2D eigenvalue weighted by Crippen LogP contribution is 2.17. The summed E-state index contributed by atoms with van der Waals surface area (Å²) in [6.45, 7) is 6.09. The molecule has 0 saturated carbocycles. The van der Waals surface area contributed by atoms with Crippen molar-refractivity contribution >= 4 is 11.6 Å². The average molecular weight is 336 g/mol. The molecule has 3 N–H and O–H groups in total. The molecule has 1 aliphatic rings. The molecule has 4 heteroatoms. The number of nitrogens with two attached hydrogens (primary N) is 1. The Kier molecular flexibility index (Phi) is 6.07. The first-order valence-corrected chi connectivity index (χ1v) is 9.13. The lowest BCUT2D eigenvalue weighted by Gasteiger charge is -2.27. The summed E-state index contributed by atoms with van der Waals surface area (Å²) < 4.78 is 0. The van der Waals surface area contributed by atoms with Crippen molar-refractivity contribution in [3.05, 3.63) is 65.2 Å². The van der Waals surface area contributed by atoms with Gasteiger partial charge in [0.2, 0.25) is 0 Å². The normalized spacial score (nSPS) is 16.0. The van der Waals surface area contributed by atoms with Crippen molar-refractivity contribution in [2.45, 2.75) is 39.3 Å². The quantitative estimate of drug-likeness (QED) is 0.643. The molecular weight excluding hydrogens is 308 g/mol. The van der Waals surface area contributed by atoms with Gasteiger partial charge in [-0.3, -0.25) is 4.90 Å². The van der Waals surface area contributed by atoms with Gasteiger partial charge in [0.25, 0.3) is 0 Å². The zero-order chi connectivity index (χ0) is 17.5. The second kappa shape index (κ2) is 8.67. The smallest absolute Gasteiger partial charge is 0.193 e. The Morgan fingerprint density at radius 1 is 1.00 bits per heavy atom. The van der Waals surface area contributed by atoms with Gasteiger partial charge in [-0.15, -0.1) is 0 Å². The van der Waals surface area contributed by atoms with Crippen LogP contribution in [0.3, 0.4) is 0 Å². The first kappa shape index (κ1) is 17.5. The summed E-state index contributed by atoms with van der Waals surface area (Å²) >= 11 is 0. The predicted molar refractivity (Wildman–Crippen MR) is 106 cm³/mol. The number of benzene rings is 2. The number of hydrogen-bond donors (Lipinski definition) is 2. The van der Waals surface area contributed by atoms with Gasteiger partial charge in [0.15, 0.2) is 5.96 Å². The van der Waals surface area contributed by atoms with Crippen LogP contribution in [0.1, 0.15) is 36.0 Å². The highest BCUT2D eigenvalue weighted by Gasteiger charge is 2.12. The molecule has 1 aliphatic heterocycles. The van der Waals surface area contributed by atoms with E-state index < -0.39 is 0 Å². The standard InChI is InChI=1S/C21H28N4/c1-17-9-11-20(12-10-17)24-21(22)23-15-18-7-3-4-8-19(18)16-25-13-5-2-6-14-25/h3-4,7-12H,2,5-6,13-16H2,1H3,(H3,22,23,24). The molecule has 2 aromatic carbocycles. The monoisotopic (exact) mass is 336 g/mol. The van der Waals surface area contributed by atoms with Gasteiger partial charge in [0, 0.05) is 12.2 Å². The molecule has 0 aliphatic carbocycles. The molecule has 3 rings (SSSR count). The Balaban J connectivity index is 1.62. The number of nitrogens with one attached hydrogen (secondary N) is 1. The molecule has 132 valence electrons. The summed E-state index contributed by atoms with van der Waals surface area (Å²) in [5.41, 5.74) is 10.9. The molecule has 0 amide bonds. The number of hydrogen-bond acceptors (Lipinski definition) is 2. The van der Waals surface area contributed by atoms with Gasteiger partial charge >= 0.3 is 0 Å². The first-order valence-electron chi connectivity index (χ1n) is 9.13. The molecular formula is C21H28N4. The Morgan fingerprint density at radius 2 is 1.68 bits per heavy atom. The minimum Gasteiger partial charge on any atom is -0.370 e. The number of piperidine rings is 1. The van der Waals surface area contributed by atoms with Gasteiger partial charge in [0.1, 0.15) is 0 Å². The van der Waals surface area contributed by atoms with Crippen LogP contribution in [0.5, 0.6) is 0 Å². The summed E-state index contributed by atoms with van der Waals surface area (Å²) in [5, 5.41) is 3.16. The second-order valence-electron chi connectivity index (χ2n) is 6.80. The van der Waals surface area contributed by atoms with E-state index in [2.05, 4.69) is 58.5 Å². The van der Waals surface area contributed by atoms with E-state index in [9.17, 15) is 0 Å². The fourth-order valence-electron chi connectivity index (χ4n) is 3.22. The van der Waals surface area contributed by atoms with Crippen LogP contribution in [-0.4, -0.2) is 23.9 Å². The lowest BCUT2D eigenvalue weighted by atomic mass is 10.1. The van der Waals surface area contributed by atoms with Gasteiger partial charge < -0.3 is 11.1 Å². The summed E-state index contributed by atoms with van der Waals surface area (Å²) in [5.74, 6) is 0.455. The molecule has 0 spiro atoms. The van der Waals surface area contributed by atoms with E-state index in [1.165, 1.54) is 49.0 Å². The van der Waals surface area contributed by atoms with Gasteiger partial charge in [-0.1, -0.05) is 48.4 Å². The maximum atomic E-state index is 6.05.